The lowest BCUT2D eigenvalue weighted by Crippen LogP contribution is -2.35. The van der Waals surface area contributed by atoms with Gasteiger partial charge in [0.15, 0.2) is 0 Å². The summed E-state index contributed by atoms with van der Waals surface area (Å²) in [6.45, 7) is 1.00. The minimum atomic E-state index is -3.64. The van der Waals surface area contributed by atoms with Crippen molar-refractivity contribution in [3.63, 3.8) is 0 Å². The third-order valence-corrected chi connectivity index (χ3v) is 8.24. The maximum atomic E-state index is 13.0. The van der Waals surface area contributed by atoms with Crippen molar-refractivity contribution in [1.82, 2.24) is 9.29 Å². The first-order chi connectivity index (χ1) is 15.4. The van der Waals surface area contributed by atoms with Gasteiger partial charge >= 0.3 is 0 Å². The normalized spacial score (nSPS) is 14.8. The number of carbonyl (C=O) groups is 1. The molecule has 1 aliphatic heterocycles. The first kappa shape index (κ1) is 22.7. The van der Waals surface area contributed by atoms with E-state index in [1.807, 2.05) is 12.1 Å². The van der Waals surface area contributed by atoms with Crippen molar-refractivity contribution in [1.29, 1.82) is 0 Å². The molecule has 1 aromatic heterocycles. The number of rotatable bonds is 6. The lowest BCUT2D eigenvalue weighted by molar-refractivity contribution is 0.102. The second kappa shape index (κ2) is 9.58. The lowest BCUT2D eigenvalue weighted by atomic mass is 10.2. The zero-order valence-corrected chi connectivity index (χ0v) is 19.8. The summed E-state index contributed by atoms with van der Waals surface area (Å²) >= 11 is 7.26. The molecule has 1 N–H and O–H groups in total. The molecule has 1 fully saturated rings. The molecule has 1 aliphatic rings. The first-order valence-electron chi connectivity index (χ1n) is 10.1. The number of methoxy groups -OCH3 is 1. The van der Waals surface area contributed by atoms with Gasteiger partial charge in [-0.2, -0.15) is 4.31 Å². The van der Waals surface area contributed by atoms with Gasteiger partial charge in [-0.05, 0) is 43.2 Å². The Morgan fingerprint density at radius 1 is 1.12 bits per heavy atom. The Bertz CT molecular complexity index is 1220. The smallest absolute Gasteiger partial charge is 0.275 e. The highest BCUT2D eigenvalue weighted by Gasteiger charge is 2.27. The van der Waals surface area contributed by atoms with Gasteiger partial charge in [0.2, 0.25) is 10.0 Å². The number of anilines is 1. The topological polar surface area (TPSA) is 88.6 Å². The van der Waals surface area contributed by atoms with Gasteiger partial charge in [0.05, 0.1) is 17.7 Å². The quantitative estimate of drug-likeness (QED) is 0.529. The van der Waals surface area contributed by atoms with Gasteiger partial charge < -0.3 is 10.1 Å². The van der Waals surface area contributed by atoms with Crippen LogP contribution in [-0.4, -0.2) is 43.8 Å². The van der Waals surface area contributed by atoms with E-state index in [1.165, 1.54) is 34.9 Å². The lowest BCUT2D eigenvalue weighted by Gasteiger charge is -2.26. The summed E-state index contributed by atoms with van der Waals surface area (Å²) in [5, 5.41) is 5.70. The van der Waals surface area contributed by atoms with Crippen LogP contribution in [0, 0.1) is 0 Å². The Balaban J connectivity index is 1.57. The number of amides is 1. The van der Waals surface area contributed by atoms with E-state index in [4.69, 9.17) is 16.3 Å². The monoisotopic (exact) mass is 491 g/mol. The van der Waals surface area contributed by atoms with E-state index in [0.717, 1.165) is 24.8 Å². The fourth-order valence-corrected chi connectivity index (χ4v) is 5.97. The van der Waals surface area contributed by atoms with Crippen LogP contribution < -0.4 is 10.1 Å². The van der Waals surface area contributed by atoms with Gasteiger partial charge in [-0.15, -0.1) is 11.3 Å². The molecule has 168 valence electrons. The predicted octanol–water partition coefficient (Wildman–Crippen LogP) is 4.90. The average molecular weight is 492 g/mol. The van der Waals surface area contributed by atoms with Crippen molar-refractivity contribution in [2.75, 3.05) is 25.5 Å². The van der Waals surface area contributed by atoms with E-state index in [9.17, 15) is 13.2 Å². The molecule has 3 aromatic rings. The third kappa shape index (κ3) is 4.80. The molecule has 0 aliphatic carbocycles. The van der Waals surface area contributed by atoms with Gasteiger partial charge in [0.25, 0.3) is 5.91 Å². The number of carbonyl (C=O) groups excluding carboxylic acids is 1. The Morgan fingerprint density at radius 3 is 2.53 bits per heavy atom. The first-order valence-corrected chi connectivity index (χ1v) is 12.8. The van der Waals surface area contributed by atoms with E-state index >= 15 is 0 Å². The van der Waals surface area contributed by atoms with E-state index in [1.54, 1.807) is 23.6 Å². The molecule has 1 amide bonds. The zero-order chi connectivity index (χ0) is 22.7. The van der Waals surface area contributed by atoms with E-state index in [0.29, 0.717) is 28.9 Å². The van der Waals surface area contributed by atoms with Gasteiger partial charge in [0.1, 0.15) is 16.5 Å². The van der Waals surface area contributed by atoms with Crippen molar-refractivity contribution in [2.45, 2.75) is 24.2 Å². The molecule has 0 unspecified atom stereocenters. The molecule has 0 atom stereocenters. The van der Waals surface area contributed by atoms with Crippen LogP contribution in [0.3, 0.4) is 0 Å². The standard InChI is InChI=1S/C22H22ClN3O4S2/c1-30-20-10-9-17(32(28,29)26-11-3-2-4-12-26)13-18(20)24-21(27)19-14-31-22(25-19)15-5-7-16(23)8-6-15/h5-10,13-14H,2-4,11-12H2,1H3,(H,24,27). The van der Waals surface area contributed by atoms with Crippen molar-refractivity contribution >= 4 is 44.6 Å². The Labute approximate surface area is 196 Å². The number of nitrogens with zero attached hydrogens (tertiary/aromatic N) is 2. The molecule has 2 aromatic carbocycles. The van der Waals surface area contributed by atoms with Gasteiger partial charge in [0, 0.05) is 29.1 Å². The number of piperidine rings is 1. The van der Waals surface area contributed by atoms with Crippen LogP contribution in [0.4, 0.5) is 5.69 Å². The molecule has 0 spiro atoms. The number of nitrogens with one attached hydrogen (secondary N) is 1. The number of thiazole rings is 1. The maximum Gasteiger partial charge on any atom is 0.275 e. The van der Waals surface area contributed by atoms with Crippen LogP contribution in [0.2, 0.25) is 5.02 Å². The van der Waals surface area contributed by atoms with E-state index < -0.39 is 15.9 Å². The fourth-order valence-electron chi connectivity index (χ4n) is 3.49. The summed E-state index contributed by atoms with van der Waals surface area (Å²) in [5.74, 6) is -0.0867. The molecule has 32 heavy (non-hydrogen) atoms. The number of benzene rings is 2. The minimum Gasteiger partial charge on any atom is -0.495 e. The highest BCUT2D eigenvalue weighted by molar-refractivity contribution is 7.89. The highest BCUT2D eigenvalue weighted by Crippen LogP contribution is 2.31. The largest absolute Gasteiger partial charge is 0.495 e. The van der Waals surface area contributed by atoms with Gasteiger partial charge in [-0.3, -0.25) is 4.79 Å². The molecule has 1 saturated heterocycles. The summed E-state index contributed by atoms with van der Waals surface area (Å²) in [7, 11) is -2.18. The van der Waals surface area contributed by atoms with E-state index in [-0.39, 0.29) is 16.3 Å². The van der Waals surface area contributed by atoms with Gasteiger partial charge in [-0.25, -0.2) is 13.4 Å². The maximum absolute atomic E-state index is 13.0. The summed E-state index contributed by atoms with van der Waals surface area (Å²) in [5.41, 5.74) is 1.36. The minimum absolute atomic E-state index is 0.121. The Morgan fingerprint density at radius 2 is 1.84 bits per heavy atom. The molecular formula is C22H22ClN3O4S2. The second-order valence-electron chi connectivity index (χ2n) is 7.33. The number of halogens is 1. The highest BCUT2D eigenvalue weighted by atomic mass is 35.5. The van der Waals surface area contributed by atoms with Crippen molar-refractivity contribution in [2.24, 2.45) is 0 Å². The van der Waals surface area contributed by atoms with Crippen LogP contribution in [0.5, 0.6) is 5.75 Å². The van der Waals surface area contributed by atoms with Crippen molar-refractivity contribution in [3.8, 4) is 16.3 Å². The summed E-state index contributed by atoms with van der Waals surface area (Å²) < 4.78 is 32.9. The fraction of sp³-hybridized carbons (Fsp3) is 0.273. The molecule has 4 rings (SSSR count). The van der Waals surface area contributed by atoms with Crippen LogP contribution >= 0.6 is 22.9 Å². The van der Waals surface area contributed by atoms with Crippen LogP contribution in [0.15, 0.2) is 52.7 Å². The Kier molecular flexibility index (Phi) is 6.80. The number of hydrogen-bond acceptors (Lipinski definition) is 6. The van der Waals surface area contributed by atoms with Crippen molar-refractivity contribution in [3.05, 3.63) is 58.6 Å². The molecule has 0 bridgehead atoms. The molecule has 7 nitrogen and oxygen atoms in total. The average Bonchev–Trinajstić information content (AvgIpc) is 3.30. The van der Waals surface area contributed by atoms with Crippen LogP contribution in [0.1, 0.15) is 29.8 Å². The number of sulfonamides is 1. The number of hydrogen-bond donors (Lipinski definition) is 1. The Hall–Kier alpha value is -2.46. The predicted molar refractivity (Wildman–Crippen MR) is 126 cm³/mol. The summed E-state index contributed by atoms with van der Waals surface area (Å²) in [4.78, 5) is 17.4. The molecular weight excluding hydrogens is 470 g/mol. The van der Waals surface area contributed by atoms with Crippen molar-refractivity contribution < 1.29 is 17.9 Å². The molecule has 0 saturated carbocycles. The second-order valence-corrected chi connectivity index (χ2v) is 10.6. The van der Waals surface area contributed by atoms with Gasteiger partial charge in [-0.1, -0.05) is 30.2 Å². The summed E-state index contributed by atoms with van der Waals surface area (Å²) in [6, 6.07) is 11.7. The van der Waals surface area contributed by atoms with Crippen LogP contribution in [-0.2, 0) is 10.0 Å². The zero-order valence-electron chi connectivity index (χ0n) is 17.4. The molecule has 0 radical (unpaired) electrons. The number of aromatic nitrogens is 1. The van der Waals surface area contributed by atoms with E-state index in [2.05, 4.69) is 10.3 Å². The molecule has 10 heteroatoms. The number of ether oxygens (including phenoxy) is 1. The van der Waals surface area contributed by atoms with Crippen LogP contribution in [0.25, 0.3) is 10.6 Å². The molecule has 2 heterocycles. The summed E-state index contributed by atoms with van der Waals surface area (Å²) in [6.07, 6.45) is 2.72. The SMILES string of the molecule is COc1ccc(S(=O)(=O)N2CCCCC2)cc1NC(=O)c1csc(-c2ccc(Cl)cc2)n1. The third-order valence-electron chi connectivity index (χ3n) is 5.20.